The molecule has 2 aliphatic rings. The summed E-state index contributed by atoms with van der Waals surface area (Å²) in [6.45, 7) is 5.30. The first-order valence-corrected chi connectivity index (χ1v) is 10.5. The van der Waals surface area contributed by atoms with Crippen molar-refractivity contribution in [1.29, 1.82) is 0 Å². The maximum atomic E-state index is 13.2. The largest absolute Gasteiger partial charge is 0.378 e. The van der Waals surface area contributed by atoms with Crippen molar-refractivity contribution >= 4 is 29.1 Å². The van der Waals surface area contributed by atoms with Crippen molar-refractivity contribution < 1.29 is 19.1 Å². The number of nitrogens with one attached hydrogen (secondary N) is 1. The highest BCUT2D eigenvalue weighted by atomic mass is 32.1. The molecule has 148 valence electrons. The number of carbonyl (C=O) groups is 3. The summed E-state index contributed by atoms with van der Waals surface area (Å²) in [5.41, 5.74) is 0. The SMILES string of the molecule is CCC(=O)N1CCC(C(NC(=O)c2cccs2)C(=O)N2CCOCC2)CC1. The Morgan fingerprint density at radius 1 is 1.19 bits per heavy atom. The van der Waals surface area contributed by atoms with E-state index in [-0.39, 0.29) is 23.6 Å². The summed E-state index contributed by atoms with van der Waals surface area (Å²) in [7, 11) is 0. The van der Waals surface area contributed by atoms with Crippen molar-refractivity contribution in [1.82, 2.24) is 15.1 Å². The maximum Gasteiger partial charge on any atom is 0.262 e. The van der Waals surface area contributed by atoms with Crippen LogP contribution in [0.2, 0.25) is 0 Å². The third-order valence-corrected chi connectivity index (χ3v) is 6.16. The van der Waals surface area contributed by atoms with Gasteiger partial charge < -0.3 is 19.9 Å². The topological polar surface area (TPSA) is 79.0 Å². The molecule has 2 aliphatic heterocycles. The first kappa shape index (κ1) is 19.8. The summed E-state index contributed by atoms with van der Waals surface area (Å²) in [6, 6.07) is 3.03. The van der Waals surface area contributed by atoms with Crippen molar-refractivity contribution in [2.45, 2.75) is 32.2 Å². The minimum absolute atomic E-state index is 0.0326. The minimum atomic E-state index is -0.559. The van der Waals surface area contributed by atoms with Crippen LogP contribution in [-0.2, 0) is 14.3 Å². The summed E-state index contributed by atoms with van der Waals surface area (Å²) in [6.07, 6.45) is 1.93. The van der Waals surface area contributed by atoms with E-state index in [0.717, 1.165) is 12.8 Å². The molecule has 0 radical (unpaired) electrons. The third kappa shape index (κ3) is 4.87. The Balaban J connectivity index is 1.70. The van der Waals surface area contributed by atoms with Gasteiger partial charge in [-0.1, -0.05) is 13.0 Å². The molecule has 1 N–H and O–H groups in total. The Kier molecular flexibility index (Phi) is 6.84. The molecule has 8 heteroatoms. The molecule has 3 heterocycles. The predicted octanol–water partition coefficient (Wildman–Crippen LogP) is 1.35. The van der Waals surface area contributed by atoms with E-state index in [2.05, 4.69) is 5.32 Å². The van der Waals surface area contributed by atoms with E-state index >= 15 is 0 Å². The van der Waals surface area contributed by atoms with Crippen LogP contribution in [-0.4, -0.2) is 73.0 Å². The highest BCUT2D eigenvalue weighted by Crippen LogP contribution is 2.24. The lowest BCUT2D eigenvalue weighted by atomic mass is 9.88. The molecule has 3 rings (SSSR count). The zero-order valence-electron chi connectivity index (χ0n) is 15.7. The van der Waals surface area contributed by atoms with Gasteiger partial charge in [0.2, 0.25) is 11.8 Å². The van der Waals surface area contributed by atoms with E-state index < -0.39 is 6.04 Å². The summed E-state index contributed by atoms with van der Waals surface area (Å²) < 4.78 is 5.34. The van der Waals surface area contributed by atoms with Gasteiger partial charge in [0.1, 0.15) is 6.04 Å². The van der Waals surface area contributed by atoms with Gasteiger partial charge in [-0.3, -0.25) is 14.4 Å². The van der Waals surface area contributed by atoms with Crippen LogP contribution in [0.3, 0.4) is 0 Å². The zero-order chi connectivity index (χ0) is 19.2. The standard InChI is InChI=1S/C19H27N3O4S/c1-2-16(23)21-7-5-14(6-8-21)17(19(25)22-9-11-26-12-10-22)20-18(24)15-4-3-13-27-15/h3-4,13-14,17H,2,5-12H2,1H3,(H,20,24). The number of likely N-dealkylation sites (tertiary alicyclic amines) is 1. The molecule has 7 nitrogen and oxygen atoms in total. The predicted molar refractivity (Wildman–Crippen MR) is 103 cm³/mol. The molecule has 27 heavy (non-hydrogen) atoms. The van der Waals surface area contributed by atoms with Crippen molar-refractivity contribution in [3.05, 3.63) is 22.4 Å². The lowest BCUT2D eigenvalue weighted by Crippen LogP contribution is -2.56. The Labute approximate surface area is 163 Å². The van der Waals surface area contributed by atoms with Gasteiger partial charge >= 0.3 is 0 Å². The van der Waals surface area contributed by atoms with E-state index in [0.29, 0.717) is 50.7 Å². The zero-order valence-corrected chi connectivity index (χ0v) is 16.5. The molecular formula is C19H27N3O4S. The van der Waals surface area contributed by atoms with E-state index in [1.54, 1.807) is 11.0 Å². The monoisotopic (exact) mass is 393 g/mol. The molecular weight excluding hydrogens is 366 g/mol. The Morgan fingerprint density at radius 3 is 2.48 bits per heavy atom. The summed E-state index contributed by atoms with van der Waals surface area (Å²) in [4.78, 5) is 41.9. The van der Waals surface area contributed by atoms with Crippen LogP contribution in [0.4, 0.5) is 0 Å². The lowest BCUT2D eigenvalue weighted by molar-refractivity contribution is -0.139. The molecule has 3 amide bonds. The smallest absolute Gasteiger partial charge is 0.262 e. The number of carbonyl (C=O) groups excluding carboxylic acids is 3. The van der Waals surface area contributed by atoms with Crippen LogP contribution < -0.4 is 5.32 Å². The number of rotatable bonds is 5. The Hall–Kier alpha value is -1.93. The molecule has 0 bridgehead atoms. The fraction of sp³-hybridized carbons (Fsp3) is 0.632. The van der Waals surface area contributed by atoms with Gasteiger partial charge in [-0.25, -0.2) is 0 Å². The summed E-state index contributed by atoms with van der Waals surface area (Å²) in [5, 5.41) is 4.83. The van der Waals surface area contributed by atoms with Crippen molar-refractivity contribution in [2.24, 2.45) is 5.92 Å². The second kappa shape index (κ2) is 9.32. The van der Waals surface area contributed by atoms with Gasteiger partial charge in [0.25, 0.3) is 5.91 Å². The summed E-state index contributed by atoms with van der Waals surface area (Å²) in [5.74, 6) is -0.0653. The third-order valence-electron chi connectivity index (χ3n) is 5.29. The second-order valence-electron chi connectivity index (χ2n) is 6.94. The molecule has 0 aliphatic carbocycles. The van der Waals surface area contributed by atoms with E-state index in [4.69, 9.17) is 4.74 Å². The van der Waals surface area contributed by atoms with E-state index in [1.807, 2.05) is 23.3 Å². The number of morpholine rings is 1. The lowest BCUT2D eigenvalue weighted by Gasteiger charge is -2.38. The number of amides is 3. The highest BCUT2D eigenvalue weighted by Gasteiger charge is 2.36. The quantitative estimate of drug-likeness (QED) is 0.819. The first-order valence-electron chi connectivity index (χ1n) is 9.58. The van der Waals surface area contributed by atoms with Crippen molar-refractivity contribution in [3.8, 4) is 0 Å². The minimum Gasteiger partial charge on any atom is -0.378 e. The van der Waals surface area contributed by atoms with Gasteiger partial charge in [0.05, 0.1) is 18.1 Å². The molecule has 1 aromatic rings. The maximum absolute atomic E-state index is 13.2. The molecule has 1 atom stereocenters. The van der Waals surface area contributed by atoms with E-state index in [9.17, 15) is 14.4 Å². The number of ether oxygens (including phenoxy) is 1. The fourth-order valence-corrected chi connectivity index (χ4v) is 4.31. The normalized spacial score (nSPS) is 19.6. The number of nitrogens with zero attached hydrogens (tertiary/aromatic N) is 2. The van der Waals surface area contributed by atoms with Gasteiger partial charge in [0, 0.05) is 32.6 Å². The van der Waals surface area contributed by atoms with Gasteiger partial charge in [0.15, 0.2) is 0 Å². The van der Waals surface area contributed by atoms with Crippen LogP contribution in [0.5, 0.6) is 0 Å². The second-order valence-corrected chi connectivity index (χ2v) is 7.89. The molecule has 1 unspecified atom stereocenters. The van der Waals surface area contributed by atoms with Crippen molar-refractivity contribution in [2.75, 3.05) is 39.4 Å². The van der Waals surface area contributed by atoms with Gasteiger partial charge in [-0.15, -0.1) is 11.3 Å². The molecule has 0 spiro atoms. The van der Waals surface area contributed by atoms with Crippen LogP contribution in [0, 0.1) is 5.92 Å². The van der Waals surface area contributed by atoms with Crippen LogP contribution in [0.15, 0.2) is 17.5 Å². The number of hydrogen-bond donors (Lipinski definition) is 1. The molecule has 2 fully saturated rings. The van der Waals surface area contributed by atoms with Gasteiger partial charge in [-0.05, 0) is 30.2 Å². The first-order chi connectivity index (χ1) is 13.1. The van der Waals surface area contributed by atoms with Crippen molar-refractivity contribution in [3.63, 3.8) is 0 Å². The average molecular weight is 394 g/mol. The number of piperidine rings is 1. The molecule has 0 aromatic carbocycles. The summed E-state index contributed by atoms with van der Waals surface area (Å²) >= 11 is 1.36. The Morgan fingerprint density at radius 2 is 1.89 bits per heavy atom. The Bertz CT molecular complexity index is 650. The number of thiophene rings is 1. The fourth-order valence-electron chi connectivity index (χ4n) is 3.69. The van der Waals surface area contributed by atoms with Crippen LogP contribution >= 0.6 is 11.3 Å². The highest BCUT2D eigenvalue weighted by molar-refractivity contribution is 7.12. The van der Waals surface area contributed by atoms with Crippen LogP contribution in [0.1, 0.15) is 35.9 Å². The molecule has 0 saturated carbocycles. The molecule has 2 saturated heterocycles. The average Bonchev–Trinajstić information content (AvgIpc) is 3.26. The van der Waals surface area contributed by atoms with E-state index in [1.165, 1.54) is 11.3 Å². The van der Waals surface area contributed by atoms with Crippen LogP contribution in [0.25, 0.3) is 0 Å². The molecule has 1 aromatic heterocycles. The number of hydrogen-bond acceptors (Lipinski definition) is 5. The van der Waals surface area contributed by atoms with Gasteiger partial charge in [-0.2, -0.15) is 0 Å².